The predicted octanol–water partition coefficient (Wildman–Crippen LogP) is 2.39. The fourth-order valence-electron chi connectivity index (χ4n) is 2.99. The Morgan fingerprint density at radius 2 is 1.74 bits per heavy atom. The summed E-state index contributed by atoms with van der Waals surface area (Å²) >= 11 is 0. The van der Waals surface area contributed by atoms with E-state index in [9.17, 15) is 9.59 Å². The first-order valence-corrected chi connectivity index (χ1v) is 9.33. The van der Waals surface area contributed by atoms with Crippen LogP contribution >= 0.6 is 0 Å². The van der Waals surface area contributed by atoms with Crippen molar-refractivity contribution in [3.05, 3.63) is 57.9 Å². The Balaban J connectivity index is 1.67. The van der Waals surface area contributed by atoms with Crippen LogP contribution in [0.3, 0.4) is 0 Å². The Kier molecular flexibility index (Phi) is 6.76. The van der Waals surface area contributed by atoms with Crippen LogP contribution in [0.2, 0.25) is 0 Å². The number of hydrogen-bond donors (Lipinski definition) is 2. The molecule has 0 spiro atoms. The molecule has 0 atom stereocenters. The summed E-state index contributed by atoms with van der Waals surface area (Å²) in [5.41, 5.74) is 4.34. The normalized spacial score (nSPS) is 10.8. The molecule has 0 saturated heterocycles. The van der Waals surface area contributed by atoms with Gasteiger partial charge in [0.2, 0.25) is 5.75 Å². The Labute approximate surface area is 178 Å². The number of benzene rings is 2. The van der Waals surface area contributed by atoms with Crippen molar-refractivity contribution in [1.82, 2.24) is 10.4 Å². The van der Waals surface area contributed by atoms with Crippen molar-refractivity contribution in [2.24, 2.45) is 5.10 Å². The molecule has 31 heavy (non-hydrogen) atoms. The van der Waals surface area contributed by atoms with E-state index >= 15 is 0 Å². The van der Waals surface area contributed by atoms with E-state index in [1.54, 1.807) is 12.1 Å². The van der Waals surface area contributed by atoms with Crippen molar-refractivity contribution in [2.45, 2.75) is 6.92 Å². The molecule has 9 heteroatoms. The summed E-state index contributed by atoms with van der Waals surface area (Å²) < 4.78 is 21.4. The molecule has 3 rings (SSSR count). The molecule has 0 aliphatic heterocycles. The number of hydrazone groups is 1. The van der Waals surface area contributed by atoms with Crippen LogP contribution in [0, 0.1) is 6.92 Å². The molecule has 9 nitrogen and oxygen atoms in total. The van der Waals surface area contributed by atoms with Crippen molar-refractivity contribution >= 4 is 23.0 Å². The summed E-state index contributed by atoms with van der Waals surface area (Å²) in [6.45, 7) is 1.61. The maximum absolute atomic E-state index is 12.1. The van der Waals surface area contributed by atoms with Gasteiger partial charge in [0.1, 0.15) is 5.75 Å². The Morgan fingerprint density at radius 3 is 2.39 bits per heavy atom. The van der Waals surface area contributed by atoms with Gasteiger partial charge in [-0.25, -0.2) is 5.43 Å². The first-order chi connectivity index (χ1) is 14.9. The number of nitrogens with zero attached hydrogens (tertiary/aromatic N) is 1. The number of nitrogens with one attached hydrogen (secondary N) is 2. The Morgan fingerprint density at radius 1 is 1.03 bits per heavy atom. The highest BCUT2D eigenvalue weighted by atomic mass is 16.5. The maximum Gasteiger partial charge on any atom is 0.277 e. The molecule has 1 aromatic heterocycles. The number of aryl methyl sites for hydroxylation is 1. The molecule has 0 saturated carbocycles. The summed E-state index contributed by atoms with van der Waals surface area (Å²) in [5, 5.41) is 4.63. The zero-order valence-corrected chi connectivity index (χ0v) is 17.6. The fraction of sp³-hybridized carbons (Fsp3) is 0.227. The van der Waals surface area contributed by atoms with Gasteiger partial charge in [-0.15, -0.1) is 0 Å². The molecular weight excluding hydrogens is 402 g/mol. The van der Waals surface area contributed by atoms with Gasteiger partial charge in [0.05, 0.1) is 33.1 Å². The van der Waals surface area contributed by atoms with Crippen LogP contribution < -0.4 is 29.9 Å². The summed E-state index contributed by atoms with van der Waals surface area (Å²) in [6.07, 6.45) is 1.44. The molecule has 0 aliphatic carbocycles. The lowest BCUT2D eigenvalue weighted by Gasteiger charge is -2.12. The number of carbonyl (C=O) groups is 1. The number of fused-ring (bicyclic) bond motifs is 1. The number of H-pyrrole nitrogens is 1. The van der Waals surface area contributed by atoms with Crippen molar-refractivity contribution in [3.8, 4) is 23.0 Å². The SMILES string of the molecule is COc1cc(/C=N/NC(=O)COc2cc(=O)[nH]c3cc(C)ccc23)cc(OC)c1OC. The van der Waals surface area contributed by atoms with Crippen LogP contribution in [0.25, 0.3) is 10.9 Å². The largest absolute Gasteiger partial charge is 0.493 e. The Hall–Kier alpha value is -4.01. The van der Waals surface area contributed by atoms with Gasteiger partial charge in [0, 0.05) is 17.0 Å². The molecule has 3 aromatic rings. The lowest BCUT2D eigenvalue weighted by molar-refractivity contribution is -0.123. The third-order valence-corrected chi connectivity index (χ3v) is 4.41. The van der Waals surface area contributed by atoms with Gasteiger partial charge in [-0.3, -0.25) is 9.59 Å². The minimum Gasteiger partial charge on any atom is -0.493 e. The van der Waals surface area contributed by atoms with Gasteiger partial charge in [-0.05, 0) is 36.8 Å². The average molecular weight is 425 g/mol. The van der Waals surface area contributed by atoms with Crippen LogP contribution in [0.1, 0.15) is 11.1 Å². The molecule has 0 unspecified atom stereocenters. The molecule has 1 heterocycles. The number of carbonyl (C=O) groups excluding carboxylic acids is 1. The van der Waals surface area contributed by atoms with Crippen molar-refractivity contribution in [3.63, 3.8) is 0 Å². The number of pyridine rings is 1. The number of aromatic nitrogens is 1. The molecule has 0 aliphatic rings. The van der Waals surface area contributed by atoms with Crippen LogP contribution in [0.5, 0.6) is 23.0 Å². The molecule has 0 fully saturated rings. The Bertz CT molecular complexity index is 1160. The highest BCUT2D eigenvalue weighted by Crippen LogP contribution is 2.37. The lowest BCUT2D eigenvalue weighted by Crippen LogP contribution is -2.25. The highest BCUT2D eigenvalue weighted by molar-refractivity contribution is 5.87. The number of hydrogen-bond acceptors (Lipinski definition) is 7. The van der Waals surface area contributed by atoms with E-state index in [4.69, 9.17) is 18.9 Å². The predicted molar refractivity (Wildman–Crippen MR) is 117 cm³/mol. The van der Waals surface area contributed by atoms with E-state index in [1.165, 1.54) is 33.6 Å². The van der Waals surface area contributed by atoms with Gasteiger partial charge in [0.15, 0.2) is 18.1 Å². The van der Waals surface area contributed by atoms with Crippen LogP contribution in [0.4, 0.5) is 0 Å². The molecule has 1 amide bonds. The minimum atomic E-state index is -0.482. The van der Waals surface area contributed by atoms with E-state index in [1.807, 2.05) is 25.1 Å². The van der Waals surface area contributed by atoms with E-state index in [0.717, 1.165) is 5.56 Å². The topological polar surface area (TPSA) is 111 Å². The summed E-state index contributed by atoms with van der Waals surface area (Å²) in [5.74, 6) is 1.23. The van der Waals surface area contributed by atoms with Crippen LogP contribution in [0.15, 0.2) is 46.3 Å². The molecule has 0 radical (unpaired) electrons. The second-order valence-corrected chi connectivity index (χ2v) is 6.59. The van der Waals surface area contributed by atoms with Crippen molar-refractivity contribution in [1.29, 1.82) is 0 Å². The number of amides is 1. The van der Waals surface area contributed by atoms with Gasteiger partial charge in [-0.2, -0.15) is 5.10 Å². The first kappa shape index (κ1) is 21.7. The minimum absolute atomic E-state index is 0.307. The maximum atomic E-state index is 12.1. The quantitative estimate of drug-likeness (QED) is 0.423. The third-order valence-electron chi connectivity index (χ3n) is 4.41. The summed E-state index contributed by atoms with van der Waals surface area (Å²) in [7, 11) is 4.54. The second-order valence-electron chi connectivity index (χ2n) is 6.59. The van der Waals surface area contributed by atoms with E-state index in [-0.39, 0.29) is 12.2 Å². The average Bonchev–Trinajstić information content (AvgIpc) is 2.76. The van der Waals surface area contributed by atoms with Crippen LogP contribution in [-0.2, 0) is 4.79 Å². The van der Waals surface area contributed by atoms with Crippen molar-refractivity contribution < 1.29 is 23.7 Å². The molecule has 2 aromatic carbocycles. The second kappa shape index (κ2) is 9.66. The first-order valence-electron chi connectivity index (χ1n) is 9.33. The zero-order valence-electron chi connectivity index (χ0n) is 17.6. The fourth-order valence-corrected chi connectivity index (χ4v) is 2.99. The molecular formula is C22H23N3O6. The lowest BCUT2D eigenvalue weighted by atomic mass is 10.1. The van der Waals surface area contributed by atoms with E-state index in [0.29, 0.717) is 39.5 Å². The van der Waals surface area contributed by atoms with Crippen LogP contribution in [-0.4, -0.2) is 45.0 Å². The number of rotatable bonds is 8. The zero-order chi connectivity index (χ0) is 22.4. The van der Waals surface area contributed by atoms with Gasteiger partial charge < -0.3 is 23.9 Å². The highest BCUT2D eigenvalue weighted by Gasteiger charge is 2.12. The smallest absolute Gasteiger partial charge is 0.277 e. The standard InChI is InChI=1S/C22H23N3O6/c1-13-5-6-15-16(7-13)24-20(26)10-17(15)31-12-21(27)25-23-11-14-8-18(28-2)22(30-4)19(9-14)29-3/h5-11H,12H2,1-4H3,(H,24,26)(H,25,27)/b23-11+. The summed E-state index contributed by atoms with van der Waals surface area (Å²) in [6, 6.07) is 10.3. The monoisotopic (exact) mass is 425 g/mol. The van der Waals surface area contributed by atoms with Gasteiger partial charge in [-0.1, -0.05) is 6.07 Å². The number of methoxy groups -OCH3 is 3. The number of ether oxygens (including phenoxy) is 4. The van der Waals surface area contributed by atoms with E-state index in [2.05, 4.69) is 15.5 Å². The molecule has 0 bridgehead atoms. The third kappa shape index (κ3) is 5.13. The van der Waals surface area contributed by atoms with Gasteiger partial charge in [0.25, 0.3) is 11.5 Å². The van der Waals surface area contributed by atoms with Crippen molar-refractivity contribution in [2.75, 3.05) is 27.9 Å². The van der Waals surface area contributed by atoms with E-state index < -0.39 is 5.91 Å². The van der Waals surface area contributed by atoms with Gasteiger partial charge >= 0.3 is 0 Å². The number of aromatic amines is 1. The molecule has 2 N–H and O–H groups in total. The molecule has 162 valence electrons. The summed E-state index contributed by atoms with van der Waals surface area (Å²) in [4.78, 5) is 26.7.